The lowest BCUT2D eigenvalue weighted by atomic mass is 10.1. The number of hydrogen-bond acceptors (Lipinski definition) is 4. The number of rotatable bonds is 8. The molecular formula is C21H24N4O2. The molecule has 6 heteroatoms. The summed E-state index contributed by atoms with van der Waals surface area (Å²) in [5.41, 5.74) is 2.92. The summed E-state index contributed by atoms with van der Waals surface area (Å²) in [5, 5.41) is 7.03. The van der Waals surface area contributed by atoms with Crippen molar-refractivity contribution in [3.05, 3.63) is 67.0 Å². The van der Waals surface area contributed by atoms with Gasteiger partial charge in [0.1, 0.15) is 5.75 Å². The molecule has 0 radical (unpaired) electrons. The van der Waals surface area contributed by atoms with Crippen molar-refractivity contribution in [2.45, 2.75) is 6.54 Å². The Morgan fingerprint density at radius 3 is 2.48 bits per heavy atom. The average Bonchev–Trinajstić information content (AvgIpc) is 3.13. The van der Waals surface area contributed by atoms with Crippen LogP contribution < -0.4 is 10.1 Å². The van der Waals surface area contributed by atoms with Crippen LogP contribution in [-0.4, -0.2) is 47.8 Å². The van der Waals surface area contributed by atoms with Crippen molar-refractivity contribution < 1.29 is 9.53 Å². The molecular weight excluding hydrogens is 340 g/mol. The first-order valence-corrected chi connectivity index (χ1v) is 8.85. The van der Waals surface area contributed by atoms with Crippen LogP contribution in [0, 0.1) is 0 Å². The number of carbonyl (C=O) groups excluding carboxylic acids is 1. The molecule has 6 nitrogen and oxygen atoms in total. The van der Waals surface area contributed by atoms with Crippen LogP contribution in [0.4, 0.5) is 5.69 Å². The fourth-order valence-corrected chi connectivity index (χ4v) is 2.57. The zero-order valence-electron chi connectivity index (χ0n) is 15.6. The van der Waals surface area contributed by atoms with Crippen LogP contribution in [-0.2, 0) is 11.3 Å². The van der Waals surface area contributed by atoms with E-state index in [-0.39, 0.29) is 12.5 Å². The number of carbonyl (C=O) groups is 1. The van der Waals surface area contributed by atoms with E-state index in [2.05, 4.69) is 27.4 Å². The number of hydrogen-bond donors (Lipinski definition) is 1. The van der Waals surface area contributed by atoms with Gasteiger partial charge in [0, 0.05) is 12.7 Å². The fraction of sp³-hybridized carbons (Fsp3) is 0.238. The molecule has 1 amide bonds. The van der Waals surface area contributed by atoms with Crippen LogP contribution in [0.1, 0.15) is 0 Å². The number of nitrogens with zero attached hydrogens (tertiary/aromatic N) is 3. The maximum absolute atomic E-state index is 12.1. The molecule has 1 N–H and O–H groups in total. The molecule has 0 fully saturated rings. The van der Waals surface area contributed by atoms with E-state index in [1.807, 2.05) is 62.8 Å². The van der Waals surface area contributed by atoms with Crippen molar-refractivity contribution in [3.63, 3.8) is 0 Å². The van der Waals surface area contributed by atoms with Gasteiger partial charge in [-0.25, -0.2) is 0 Å². The number of benzene rings is 2. The molecule has 0 unspecified atom stereocenters. The highest BCUT2D eigenvalue weighted by atomic mass is 16.5. The third kappa shape index (κ3) is 5.69. The van der Waals surface area contributed by atoms with E-state index in [0.717, 1.165) is 24.2 Å². The van der Waals surface area contributed by atoms with Crippen LogP contribution in [0.3, 0.4) is 0 Å². The molecule has 27 heavy (non-hydrogen) atoms. The van der Waals surface area contributed by atoms with E-state index < -0.39 is 0 Å². The molecule has 0 atom stereocenters. The Bertz CT molecular complexity index is 857. The summed E-state index contributed by atoms with van der Waals surface area (Å²) < 4.78 is 7.38. The Labute approximate surface area is 159 Å². The zero-order chi connectivity index (χ0) is 19.1. The van der Waals surface area contributed by atoms with Crippen molar-refractivity contribution in [2.75, 3.05) is 32.6 Å². The predicted molar refractivity (Wildman–Crippen MR) is 107 cm³/mol. The standard InChI is InChI=1S/C21H24N4O2/c1-24(2)12-13-25-15-19(14-22-25)23-21(26)16-27-20-10-8-18(9-11-20)17-6-4-3-5-7-17/h3-11,14-15H,12-13,16H2,1-2H3,(H,23,26). The Hall–Kier alpha value is -3.12. The van der Waals surface area contributed by atoms with Gasteiger partial charge in [-0.2, -0.15) is 5.10 Å². The predicted octanol–water partition coefficient (Wildman–Crippen LogP) is 3.13. The molecule has 0 aliphatic rings. The second kappa shape index (κ2) is 9.00. The van der Waals surface area contributed by atoms with Crippen LogP contribution in [0.2, 0.25) is 0 Å². The first kappa shape index (κ1) is 18.7. The normalized spacial score (nSPS) is 10.8. The van der Waals surface area contributed by atoms with Crippen LogP contribution >= 0.6 is 0 Å². The van der Waals surface area contributed by atoms with Gasteiger partial charge in [-0.15, -0.1) is 0 Å². The Morgan fingerprint density at radius 1 is 1.07 bits per heavy atom. The topological polar surface area (TPSA) is 59.4 Å². The lowest BCUT2D eigenvalue weighted by Gasteiger charge is -2.09. The lowest BCUT2D eigenvalue weighted by Crippen LogP contribution is -2.20. The summed E-state index contributed by atoms with van der Waals surface area (Å²) in [6, 6.07) is 17.8. The zero-order valence-corrected chi connectivity index (χ0v) is 15.6. The molecule has 0 aliphatic carbocycles. The summed E-state index contributed by atoms with van der Waals surface area (Å²) in [6.07, 6.45) is 3.46. The fourth-order valence-electron chi connectivity index (χ4n) is 2.57. The first-order valence-electron chi connectivity index (χ1n) is 8.85. The minimum Gasteiger partial charge on any atom is -0.484 e. The highest BCUT2D eigenvalue weighted by Crippen LogP contribution is 2.22. The van der Waals surface area contributed by atoms with E-state index >= 15 is 0 Å². The molecule has 0 saturated carbocycles. The van der Waals surface area contributed by atoms with E-state index in [4.69, 9.17) is 4.74 Å². The molecule has 0 spiro atoms. The Morgan fingerprint density at radius 2 is 1.78 bits per heavy atom. The number of nitrogens with one attached hydrogen (secondary N) is 1. The third-order valence-corrected chi connectivity index (χ3v) is 4.02. The van der Waals surface area contributed by atoms with Crippen LogP contribution in [0.15, 0.2) is 67.0 Å². The lowest BCUT2D eigenvalue weighted by molar-refractivity contribution is -0.118. The smallest absolute Gasteiger partial charge is 0.262 e. The second-order valence-electron chi connectivity index (χ2n) is 6.52. The molecule has 1 aromatic heterocycles. The Balaban J connectivity index is 1.48. The molecule has 140 valence electrons. The van der Waals surface area contributed by atoms with Crippen molar-refractivity contribution >= 4 is 11.6 Å². The number of ether oxygens (including phenoxy) is 1. The van der Waals surface area contributed by atoms with Gasteiger partial charge < -0.3 is 15.0 Å². The molecule has 1 heterocycles. The molecule has 3 rings (SSSR count). The summed E-state index contributed by atoms with van der Waals surface area (Å²) in [5.74, 6) is 0.445. The maximum atomic E-state index is 12.1. The number of anilines is 1. The largest absolute Gasteiger partial charge is 0.484 e. The van der Waals surface area contributed by atoms with Gasteiger partial charge >= 0.3 is 0 Å². The van der Waals surface area contributed by atoms with E-state index in [0.29, 0.717) is 11.4 Å². The van der Waals surface area contributed by atoms with Crippen molar-refractivity contribution in [1.82, 2.24) is 14.7 Å². The first-order chi connectivity index (χ1) is 13.1. The van der Waals surface area contributed by atoms with E-state index in [1.54, 1.807) is 10.9 Å². The molecule has 2 aromatic carbocycles. The van der Waals surface area contributed by atoms with Gasteiger partial charge in [0.05, 0.1) is 18.4 Å². The van der Waals surface area contributed by atoms with Crippen LogP contribution in [0.5, 0.6) is 5.75 Å². The molecule has 0 saturated heterocycles. The van der Waals surface area contributed by atoms with Gasteiger partial charge in [-0.3, -0.25) is 9.48 Å². The summed E-state index contributed by atoms with van der Waals surface area (Å²) in [6.45, 7) is 1.61. The number of amides is 1. The van der Waals surface area contributed by atoms with Crippen molar-refractivity contribution in [3.8, 4) is 16.9 Å². The van der Waals surface area contributed by atoms with E-state index in [9.17, 15) is 4.79 Å². The molecule has 3 aromatic rings. The summed E-state index contributed by atoms with van der Waals surface area (Å²) in [7, 11) is 4.02. The highest BCUT2D eigenvalue weighted by molar-refractivity contribution is 5.91. The van der Waals surface area contributed by atoms with Gasteiger partial charge in [-0.05, 0) is 37.4 Å². The summed E-state index contributed by atoms with van der Waals surface area (Å²) >= 11 is 0. The minimum absolute atomic E-state index is 0.0481. The quantitative estimate of drug-likeness (QED) is 0.667. The highest BCUT2D eigenvalue weighted by Gasteiger charge is 2.06. The van der Waals surface area contributed by atoms with Crippen molar-refractivity contribution in [2.24, 2.45) is 0 Å². The van der Waals surface area contributed by atoms with Crippen molar-refractivity contribution in [1.29, 1.82) is 0 Å². The molecule has 0 bridgehead atoms. The summed E-state index contributed by atoms with van der Waals surface area (Å²) in [4.78, 5) is 14.1. The van der Waals surface area contributed by atoms with Gasteiger partial charge in [0.25, 0.3) is 5.91 Å². The van der Waals surface area contributed by atoms with Gasteiger partial charge in [-0.1, -0.05) is 42.5 Å². The minimum atomic E-state index is -0.214. The maximum Gasteiger partial charge on any atom is 0.262 e. The SMILES string of the molecule is CN(C)CCn1cc(NC(=O)COc2ccc(-c3ccccc3)cc2)cn1. The third-order valence-electron chi connectivity index (χ3n) is 4.02. The van der Waals surface area contributed by atoms with E-state index in [1.165, 1.54) is 0 Å². The number of aromatic nitrogens is 2. The second-order valence-corrected chi connectivity index (χ2v) is 6.52. The average molecular weight is 364 g/mol. The van der Waals surface area contributed by atoms with Crippen LogP contribution in [0.25, 0.3) is 11.1 Å². The Kier molecular flexibility index (Phi) is 6.22. The van der Waals surface area contributed by atoms with Gasteiger partial charge in [0.15, 0.2) is 6.61 Å². The van der Waals surface area contributed by atoms with Gasteiger partial charge in [0.2, 0.25) is 0 Å². The monoisotopic (exact) mass is 364 g/mol. The molecule has 0 aliphatic heterocycles. The number of likely N-dealkylation sites (N-methyl/N-ethyl adjacent to an activating group) is 1.